The van der Waals surface area contributed by atoms with Crippen molar-refractivity contribution >= 4 is 19.9 Å². The minimum Gasteiger partial charge on any atom is -0.413 e. The Labute approximate surface area is 141 Å². The van der Waals surface area contributed by atoms with Gasteiger partial charge in [0.15, 0.2) is 0 Å². The molecule has 0 saturated heterocycles. The standard InChI is InChI=1S/C14H19N3O5S2/c1-11-5-3-6-12(9-11)10-24(20,21)15-8-4-7-13-16-17-14(22-13)23(2,18)19/h3,5-6,9,15H,4,7-8,10H2,1-2H3. The molecule has 1 aromatic heterocycles. The van der Waals surface area contributed by atoms with Crippen molar-refractivity contribution in [1.82, 2.24) is 14.9 Å². The maximum absolute atomic E-state index is 12.0. The van der Waals surface area contributed by atoms with Gasteiger partial charge in [-0.15, -0.1) is 5.10 Å². The molecule has 2 rings (SSSR count). The summed E-state index contributed by atoms with van der Waals surface area (Å²) in [6.07, 6.45) is 1.68. The number of benzene rings is 1. The zero-order valence-corrected chi connectivity index (χ0v) is 15.0. The largest absolute Gasteiger partial charge is 0.413 e. The molecule has 8 nitrogen and oxygen atoms in total. The highest BCUT2D eigenvalue weighted by atomic mass is 32.2. The van der Waals surface area contributed by atoms with Gasteiger partial charge in [-0.3, -0.25) is 0 Å². The highest BCUT2D eigenvalue weighted by molar-refractivity contribution is 7.90. The third-order valence-electron chi connectivity index (χ3n) is 3.09. The number of hydrogen-bond acceptors (Lipinski definition) is 7. The van der Waals surface area contributed by atoms with Gasteiger partial charge in [-0.05, 0) is 18.9 Å². The Kier molecular flexibility index (Phi) is 5.73. The lowest BCUT2D eigenvalue weighted by molar-refractivity contribution is 0.394. The molecule has 0 unspecified atom stereocenters. The van der Waals surface area contributed by atoms with Gasteiger partial charge in [0.05, 0.1) is 5.75 Å². The van der Waals surface area contributed by atoms with Crippen LogP contribution in [0, 0.1) is 6.92 Å². The smallest absolute Gasteiger partial charge is 0.335 e. The summed E-state index contributed by atoms with van der Waals surface area (Å²) in [7, 11) is -6.96. The van der Waals surface area contributed by atoms with E-state index >= 15 is 0 Å². The number of nitrogens with zero attached hydrogens (tertiary/aromatic N) is 2. The number of aryl methyl sites for hydroxylation is 2. The fourth-order valence-electron chi connectivity index (χ4n) is 2.03. The second kappa shape index (κ2) is 7.41. The predicted molar refractivity (Wildman–Crippen MR) is 87.5 cm³/mol. The first-order chi connectivity index (χ1) is 11.2. The zero-order valence-electron chi connectivity index (χ0n) is 13.4. The summed E-state index contributed by atoms with van der Waals surface area (Å²) in [5.74, 6) is 0.0707. The van der Waals surface area contributed by atoms with E-state index in [9.17, 15) is 16.8 Å². The minimum atomic E-state index is -3.53. The van der Waals surface area contributed by atoms with Crippen LogP contribution in [0.25, 0.3) is 0 Å². The molecule has 0 amide bonds. The van der Waals surface area contributed by atoms with Crippen molar-refractivity contribution in [3.63, 3.8) is 0 Å². The quantitative estimate of drug-likeness (QED) is 0.681. The van der Waals surface area contributed by atoms with Crippen molar-refractivity contribution in [2.24, 2.45) is 0 Å². The summed E-state index contributed by atoms with van der Waals surface area (Å²) < 4.78 is 54.0. The Balaban J connectivity index is 1.82. The van der Waals surface area contributed by atoms with Crippen molar-refractivity contribution < 1.29 is 21.3 Å². The summed E-state index contributed by atoms with van der Waals surface area (Å²) in [4.78, 5) is 0. The molecule has 1 heterocycles. The molecule has 0 aliphatic carbocycles. The van der Waals surface area contributed by atoms with Gasteiger partial charge in [-0.25, -0.2) is 21.6 Å². The first-order valence-corrected chi connectivity index (χ1v) is 10.8. The van der Waals surface area contributed by atoms with E-state index in [1.165, 1.54) is 0 Å². The van der Waals surface area contributed by atoms with Crippen LogP contribution in [-0.2, 0) is 32.0 Å². The second-order valence-corrected chi connectivity index (χ2v) is 9.18. The highest BCUT2D eigenvalue weighted by Gasteiger charge is 2.16. The molecule has 2 aromatic rings. The Hall–Kier alpha value is -1.78. The van der Waals surface area contributed by atoms with Gasteiger partial charge in [0.25, 0.3) is 0 Å². The van der Waals surface area contributed by atoms with Gasteiger partial charge in [-0.1, -0.05) is 34.9 Å². The van der Waals surface area contributed by atoms with Crippen molar-refractivity contribution in [3.05, 3.63) is 41.3 Å². The van der Waals surface area contributed by atoms with E-state index in [4.69, 9.17) is 4.42 Å². The molecule has 0 aliphatic rings. The van der Waals surface area contributed by atoms with Gasteiger partial charge >= 0.3 is 5.22 Å². The minimum absolute atomic E-state index is 0.0898. The Morgan fingerprint density at radius 1 is 1.17 bits per heavy atom. The number of aromatic nitrogens is 2. The van der Waals surface area contributed by atoms with Crippen LogP contribution < -0.4 is 4.72 Å². The second-order valence-electron chi connectivity index (χ2n) is 5.48. The molecule has 10 heteroatoms. The SMILES string of the molecule is Cc1cccc(CS(=O)(=O)NCCCc2nnc(S(C)(=O)=O)o2)c1. The summed E-state index contributed by atoms with van der Waals surface area (Å²) in [6, 6.07) is 7.30. The van der Waals surface area contributed by atoms with Crippen molar-refractivity contribution in [3.8, 4) is 0 Å². The summed E-state index contributed by atoms with van der Waals surface area (Å²) >= 11 is 0. The molecule has 0 fully saturated rings. The van der Waals surface area contributed by atoms with E-state index in [-0.39, 0.29) is 24.6 Å². The molecule has 132 valence electrons. The maximum atomic E-state index is 12.0. The van der Waals surface area contributed by atoms with Crippen LogP contribution >= 0.6 is 0 Å². The summed E-state index contributed by atoms with van der Waals surface area (Å²) in [5.41, 5.74) is 1.72. The lowest BCUT2D eigenvalue weighted by Gasteiger charge is -2.06. The van der Waals surface area contributed by atoms with Crippen LogP contribution in [0.5, 0.6) is 0 Å². The van der Waals surface area contributed by atoms with Crippen LogP contribution in [0.1, 0.15) is 23.4 Å². The van der Waals surface area contributed by atoms with Gasteiger partial charge in [0.2, 0.25) is 25.8 Å². The molecule has 1 aromatic carbocycles. The van der Waals surface area contributed by atoms with Crippen LogP contribution in [0.15, 0.2) is 33.9 Å². The normalized spacial score (nSPS) is 12.4. The first kappa shape index (κ1) is 18.6. The number of rotatable bonds is 8. The molecule has 0 spiro atoms. The molecule has 0 radical (unpaired) electrons. The lowest BCUT2D eigenvalue weighted by atomic mass is 10.2. The third kappa shape index (κ3) is 5.69. The average Bonchev–Trinajstić information content (AvgIpc) is 2.92. The van der Waals surface area contributed by atoms with Gasteiger partial charge in [0, 0.05) is 19.2 Å². The third-order valence-corrected chi connectivity index (χ3v) is 5.25. The highest BCUT2D eigenvalue weighted by Crippen LogP contribution is 2.09. The van der Waals surface area contributed by atoms with E-state index in [2.05, 4.69) is 14.9 Å². The van der Waals surface area contributed by atoms with E-state index in [1.807, 2.05) is 25.1 Å². The van der Waals surface area contributed by atoms with Gasteiger partial charge in [-0.2, -0.15) is 0 Å². The Morgan fingerprint density at radius 3 is 2.54 bits per heavy atom. The molecular formula is C14H19N3O5S2. The fourth-order valence-corrected chi connectivity index (χ4v) is 3.64. The van der Waals surface area contributed by atoms with E-state index in [0.717, 1.165) is 17.4 Å². The fraction of sp³-hybridized carbons (Fsp3) is 0.429. The molecule has 0 atom stereocenters. The number of sulfone groups is 1. The van der Waals surface area contributed by atoms with E-state index in [1.54, 1.807) is 6.07 Å². The van der Waals surface area contributed by atoms with E-state index < -0.39 is 25.1 Å². The topological polar surface area (TPSA) is 119 Å². The molecule has 0 saturated carbocycles. The number of sulfonamides is 1. The van der Waals surface area contributed by atoms with Crippen LogP contribution in [-0.4, -0.2) is 39.8 Å². The van der Waals surface area contributed by atoms with Crippen LogP contribution in [0.4, 0.5) is 0 Å². The van der Waals surface area contributed by atoms with Gasteiger partial charge in [0.1, 0.15) is 0 Å². The van der Waals surface area contributed by atoms with Crippen LogP contribution in [0.2, 0.25) is 0 Å². The average molecular weight is 373 g/mol. The number of nitrogens with one attached hydrogen (secondary N) is 1. The number of hydrogen-bond donors (Lipinski definition) is 1. The van der Waals surface area contributed by atoms with E-state index in [0.29, 0.717) is 6.42 Å². The molecule has 1 N–H and O–H groups in total. The molecule has 24 heavy (non-hydrogen) atoms. The summed E-state index contributed by atoms with van der Waals surface area (Å²) in [6.45, 7) is 2.10. The molecule has 0 bridgehead atoms. The van der Waals surface area contributed by atoms with Crippen molar-refractivity contribution in [1.29, 1.82) is 0 Å². The molecule has 0 aliphatic heterocycles. The van der Waals surface area contributed by atoms with Crippen molar-refractivity contribution in [2.45, 2.75) is 30.7 Å². The first-order valence-electron chi connectivity index (χ1n) is 7.21. The monoisotopic (exact) mass is 373 g/mol. The van der Waals surface area contributed by atoms with Crippen molar-refractivity contribution in [2.75, 3.05) is 12.8 Å². The lowest BCUT2D eigenvalue weighted by Crippen LogP contribution is -2.26. The molecular weight excluding hydrogens is 354 g/mol. The Bertz CT molecular complexity index is 904. The zero-order chi connectivity index (χ0) is 17.8. The summed E-state index contributed by atoms with van der Waals surface area (Å²) in [5, 5.41) is 6.62. The van der Waals surface area contributed by atoms with Gasteiger partial charge < -0.3 is 4.42 Å². The predicted octanol–water partition coefficient (Wildman–Crippen LogP) is 0.834. The maximum Gasteiger partial charge on any atom is 0.335 e. The van der Waals surface area contributed by atoms with Crippen LogP contribution in [0.3, 0.4) is 0 Å². The Morgan fingerprint density at radius 2 is 1.92 bits per heavy atom.